The quantitative estimate of drug-likeness (QED) is 0.0178. The predicted molar refractivity (Wildman–Crippen MR) is 256 cm³/mol. The van der Waals surface area contributed by atoms with Gasteiger partial charge in [-0.15, -0.1) is 0 Å². The van der Waals surface area contributed by atoms with Gasteiger partial charge in [0.05, 0.1) is 41.9 Å². The largest absolute Gasteiger partial charge is 0.864 e. The van der Waals surface area contributed by atoms with E-state index in [0.717, 1.165) is 163 Å². The van der Waals surface area contributed by atoms with Crippen molar-refractivity contribution < 1.29 is 71.1 Å². The van der Waals surface area contributed by atoms with Gasteiger partial charge in [-0.25, -0.2) is 0 Å². The lowest BCUT2D eigenvalue weighted by molar-refractivity contribution is -0.958. The fraction of sp³-hybridized carbons (Fsp3) is 0.556. The Morgan fingerprint density at radius 3 is 1.14 bits per heavy atom. The lowest BCUT2D eigenvalue weighted by Gasteiger charge is -2.46. The number of benzene rings is 4. The minimum atomic E-state index is -4.69. The van der Waals surface area contributed by atoms with Gasteiger partial charge in [0.2, 0.25) is 0 Å². The van der Waals surface area contributed by atoms with Crippen molar-refractivity contribution in [1.29, 1.82) is 0 Å². The van der Waals surface area contributed by atoms with Crippen LogP contribution in [0.2, 0.25) is 0 Å². The maximum atomic E-state index is 14.6. The fourth-order valence-corrected chi connectivity index (χ4v) is 8.46. The number of nitrogens with zero attached hydrogens (tertiary/aromatic N) is 1. The van der Waals surface area contributed by atoms with Crippen LogP contribution >= 0.6 is 0 Å². The zero-order chi connectivity index (χ0) is 52.6. The van der Waals surface area contributed by atoms with E-state index in [9.17, 15) is 52.7 Å². The average molecular weight is 1020 g/mol. The molecule has 0 bridgehead atoms. The van der Waals surface area contributed by atoms with E-state index in [-0.39, 0.29) is 17.2 Å². The summed E-state index contributed by atoms with van der Waals surface area (Å²) in [4.78, 5) is 0. The van der Waals surface area contributed by atoms with E-state index >= 15 is 0 Å². The van der Waals surface area contributed by atoms with Crippen LogP contribution in [0.1, 0.15) is 177 Å². The number of rotatable bonds is 29. The highest BCUT2D eigenvalue weighted by atomic mass is 19.4. The van der Waals surface area contributed by atoms with Crippen LogP contribution in [0.4, 0.5) is 52.7 Å². The summed E-state index contributed by atoms with van der Waals surface area (Å²) in [5.74, 6) is -0.235. The van der Waals surface area contributed by atoms with Crippen molar-refractivity contribution in [3.8, 4) is 17.2 Å². The van der Waals surface area contributed by atoms with E-state index in [1.807, 2.05) is 0 Å². The van der Waals surface area contributed by atoms with E-state index in [1.54, 1.807) is 0 Å². The zero-order valence-corrected chi connectivity index (χ0v) is 41.4. The van der Waals surface area contributed by atoms with Gasteiger partial charge in [0.1, 0.15) is 23.3 Å². The molecule has 0 spiro atoms. The standard InChI is InChI=1S/C47H66BF9NO3.C7H4F3/c1-5-9-13-14-15-16-17-18-19-20-21-22-43(58(33-10-6-2,34-11-7-3)35-12-8-4)42-36-39(47(55,56)57)27-32-44(42)61-48(59-40-28-23-37(24-29-40)45(49,50)51)60-41-30-25-38(26-31-41)46(52,53)54;8-7(9,10)6-4-2-1-3-5-6/h23-32,36,43H,5-22,33-35H2,1-4H3;2-5H/q+1;-1. The van der Waals surface area contributed by atoms with Crippen LogP contribution in [-0.2, 0) is 24.7 Å². The molecule has 0 aliphatic carbocycles. The monoisotopic (exact) mass is 1020 g/mol. The summed E-state index contributed by atoms with van der Waals surface area (Å²) in [6.07, 6.45) is -0.0803. The Labute approximate surface area is 413 Å². The highest BCUT2D eigenvalue weighted by molar-refractivity contribution is 6.39. The Bertz CT molecular complexity index is 1960. The molecule has 0 radical (unpaired) electrons. The summed E-state index contributed by atoms with van der Waals surface area (Å²) in [5.41, 5.74) is -3.08. The summed E-state index contributed by atoms with van der Waals surface area (Å²) >= 11 is 0. The highest BCUT2D eigenvalue weighted by Gasteiger charge is 2.42. The molecule has 0 N–H and O–H groups in total. The van der Waals surface area contributed by atoms with Gasteiger partial charge >= 0.3 is 32.0 Å². The Kier molecular flexibility index (Phi) is 25.5. The summed E-state index contributed by atoms with van der Waals surface area (Å²) in [6.45, 7) is 10.7. The molecule has 0 heterocycles. The third kappa shape index (κ3) is 21.6. The molecule has 0 aliphatic heterocycles. The first-order valence-corrected chi connectivity index (χ1v) is 25.0. The van der Waals surface area contributed by atoms with Crippen molar-refractivity contribution in [3.05, 3.63) is 125 Å². The number of hydrogen-bond acceptors (Lipinski definition) is 3. The summed E-state index contributed by atoms with van der Waals surface area (Å²) < 4.78 is 178. The molecule has 1 unspecified atom stereocenters. The second-order valence-electron chi connectivity index (χ2n) is 18.0. The SMILES string of the molecule is CCCCCCCCCCCCCC(c1cc(C(F)(F)F)ccc1OB(Oc1ccc(C(F)(F)F)cc1)Oc1ccc(C(F)(F)F)cc1)[N+](CCCC)(CCCC)CCCC.FC(F)(F)c1cc[c-]cc1. The summed E-state index contributed by atoms with van der Waals surface area (Å²) in [6, 6.07) is 17.1. The van der Waals surface area contributed by atoms with E-state index in [4.69, 9.17) is 14.0 Å². The molecule has 0 fully saturated rings. The maximum absolute atomic E-state index is 14.6. The number of unbranched alkanes of at least 4 members (excludes halogenated alkanes) is 13. The van der Waals surface area contributed by atoms with E-state index in [0.29, 0.717) is 16.5 Å². The maximum Gasteiger partial charge on any atom is 0.864 e. The molecule has 17 heteroatoms. The molecular weight excluding hydrogens is 949 g/mol. The van der Waals surface area contributed by atoms with Crippen LogP contribution in [-0.4, -0.2) is 31.4 Å². The van der Waals surface area contributed by atoms with Crippen molar-refractivity contribution >= 4 is 7.32 Å². The van der Waals surface area contributed by atoms with Gasteiger partial charge in [0, 0.05) is 6.42 Å². The molecule has 4 nitrogen and oxygen atoms in total. The number of halogens is 12. The first-order valence-electron chi connectivity index (χ1n) is 25.0. The highest BCUT2D eigenvalue weighted by Crippen LogP contribution is 2.44. The van der Waals surface area contributed by atoms with Crippen molar-refractivity contribution in [1.82, 2.24) is 0 Å². The lowest BCUT2D eigenvalue weighted by Crippen LogP contribution is -2.53. The number of quaternary nitrogens is 1. The molecule has 4 aromatic carbocycles. The molecule has 0 saturated heterocycles. The van der Waals surface area contributed by atoms with Gasteiger partial charge in [0.15, 0.2) is 0 Å². The molecule has 0 aliphatic rings. The molecular formula is C54H70BF12NO3. The Hall–Kier alpha value is -4.54. The zero-order valence-electron chi connectivity index (χ0n) is 41.4. The first kappa shape index (κ1) is 60.8. The fourth-order valence-electron chi connectivity index (χ4n) is 8.46. The van der Waals surface area contributed by atoms with Crippen molar-refractivity contribution in [2.24, 2.45) is 0 Å². The Morgan fingerprint density at radius 2 is 0.775 bits per heavy atom. The van der Waals surface area contributed by atoms with Gasteiger partial charge in [-0.1, -0.05) is 117 Å². The minimum absolute atomic E-state index is 0.0249. The summed E-state index contributed by atoms with van der Waals surface area (Å²) in [7, 11) is -1.82. The van der Waals surface area contributed by atoms with Crippen LogP contribution < -0.4 is 14.0 Å². The van der Waals surface area contributed by atoms with Crippen molar-refractivity contribution in [2.45, 2.75) is 174 Å². The van der Waals surface area contributed by atoms with Crippen LogP contribution in [0.5, 0.6) is 17.2 Å². The smallest absolute Gasteiger partial charge is 0.490 e. The predicted octanol–water partition coefficient (Wildman–Crippen LogP) is 18.7. The van der Waals surface area contributed by atoms with E-state index in [1.165, 1.54) is 56.7 Å². The van der Waals surface area contributed by atoms with Crippen LogP contribution in [0, 0.1) is 6.07 Å². The van der Waals surface area contributed by atoms with Gasteiger partial charge < -0.3 is 18.4 Å². The molecule has 4 aromatic rings. The minimum Gasteiger partial charge on any atom is -0.490 e. The van der Waals surface area contributed by atoms with Gasteiger partial charge in [0.25, 0.3) is 0 Å². The molecule has 0 aromatic heterocycles. The van der Waals surface area contributed by atoms with E-state index < -0.39 is 60.3 Å². The molecule has 4 rings (SSSR count). The van der Waals surface area contributed by atoms with Crippen molar-refractivity contribution in [2.75, 3.05) is 19.6 Å². The second-order valence-corrected chi connectivity index (χ2v) is 18.0. The summed E-state index contributed by atoms with van der Waals surface area (Å²) in [5, 5.41) is 0. The molecule has 396 valence electrons. The Morgan fingerprint density at radius 1 is 0.423 bits per heavy atom. The molecule has 71 heavy (non-hydrogen) atoms. The lowest BCUT2D eigenvalue weighted by atomic mass is 9.91. The Balaban J connectivity index is 0.00000118. The third-order valence-corrected chi connectivity index (χ3v) is 12.4. The normalized spacial score (nSPS) is 12.8. The van der Waals surface area contributed by atoms with Crippen LogP contribution in [0.25, 0.3) is 0 Å². The number of hydrogen-bond donors (Lipinski definition) is 0. The second kappa shape index (κ2) is 29.9. The van der Waals surface area contributed by atoms with Crippen molar-refractivity contribution in [3.63, 3.8) is 0 Å². The first-order chi connectivity index (χ1) is 33.6. The molecule has 1 atom stereocenters. The topological polar surface area (TPSA) is 27.7 Å². The molecule has 0 amide bonds. The van der Waals surface area contributed by atoms with Gasteiger partial charge in [-0.2, -0.15) is 83.0 Å². The van der Waals surface area contributed by atoms with Gasteiger partial charge in [-0.3, -0.25) is 0 Å². The molecule has 0 saturated carbocycles. The van der Waals surface area contributed by atoms with Crippen LogP contribution in [0.3, 0.4) is 0 Å². The van der Waals surface area contributed by atoms with Crippen LogP contribution in [0.15, 0.2) is 91.0 Å². The van der Waals surface area contributed by atoms with E-state index in [2.05, 4.69) is 33.8 Å². The number of alkyl halides is 12. The average Bonchev–Trinajstić information content (AvgIpc) is 3.32. The third-order valence-electron chi connectivity index (χ3n) is 12.4. The van der Waals surface area contributed by atoms with Gasteiger partial charge in [-0.05, 0) is 92.4 Å².